The van der Waals surface area contributed by atoms with Crippen LogP contribution in [0.1, 0.15) is 32.7 Å². The zero-order chi connectivity index (χ0) is 18.0. The van der Waals surface area contributed by atoms with E-state index in [0.717, 1.165) is 14.8 Å². The van der Waals surface area contributed by atoms with Gasteiger partial charge in [0.05, 0.1) is 6.42 Å². The Morgan fingerprint density at radius 2 is 1.80 bits per heavy atom. The molecule has 0 aliphatic carbocycles. The fourth-order valence-electron chi connectivity index (χ4n) is 2.78. The maximum Gasteiger partial charge on any atom is 0.251 e. The number of benzene rings is 2. The molecule has 0 fully saturated rings. The molecule has 0 saturated carbocycles. The average Bonchev–Trinajstić information content (AvgIpc) is 2.89. The molecule has 5 nitrogen and oxygen atoms in total. The molecule has 128 valence electrons. The van der Waals surface area contributed by atoms with Crippen molar-refractivity contribution in [3.8, 4) is 0 Å². The maximum absolute atomic E-state index is 12.3. The minimum atomic E-state index is -0.189. The minimum Gasteiger partial charge on any atom is -0.352 e. The summed E-state index contributed by atoms with van der Waals surface area (Å²) < 4.78 is 1.06. The highest BCUT2D eigenvalue weighted by atomic mass is 127. The molecule has 6 heteroatoms. The number of nitrogens with zero attached hydrogens (tertiary/aromatic N) is 1. The molecule has 2 amide bonds. The largest absolute Gasteiger partial charge is 0.352 e. The summed E-state index contributed by atoms with van der Waals surface area (Å²) in [6.07, 6.45) is 0.551. The highest BCUT2D eigenvalue weighted by molar-refractivity contribution is 14.1. The summed E-state index contributed by atoms with van der Waals surface area (Å²) in [6.45, 7) is 0.277. The summed E-state index contributed by atoms with van der Waals surface area (Å²) in [5, 5.41) is 2.76. The zero-order valence-electron chi connectivity index (χ0n) is 13.7. The second-order valence-electron chi connectivity index (χ2n) is 5.91. The van der Waals surface area contributed by atoms with E-state index in [1.165, 1.54) is 0 Å². The van der Waals surface area contributed by atoms with E-state index in [1.807, 2.05) is 12.1 Å². The highest BCUT2D eigenvalue weighted by Crippen LogP contribution is 2.28. The molecule has 3 rings (SSSR count). The fraction of sp³-hybridized carbons (Fsp3) is 0.211. The molecule has 25 heavy (non-hydrogen) atoms. The van der Waals surface area contributed by atoms with Crippen molar-refractivity contribution in [2.75, 3.05) is 18.5 Å². The number of amides is 2. The average molecular weight is 448 g/mol. The van der Waals surface area contributed by atoms with Crippen molar-refractivity contribution in [2.24, 2.45) is 0 Å². The predicted molar refractivity (Wildman–Crippen MR) is 104 cm³/mol. The quantitative estimate of drug-likeness (QED) is 0.565. The Morgan fingerprint density at radius 3 is 2.52 bits per heavy atom. The van der Waals surface area contributed by atoms with Gasteiger partial charge in [0.2, 0.25) is 5.91 Å². The molecular weight excluding hydrogens is 431 g/mol. The van der Waals surface area contributed by atoms with E-state index in [4.69, 9.17) is 0 Å². The number of rotatable bonds is 5. The van der Waals surface area contributed by atoms with Crippen LogP contribution in [0.25, 0.3) is 0 Å². The smallest absolute Gasteiger partial charge is 0.251 e. The number of ketones is 1. The SMILES string of the molecule is CN1C(=O)Cc2cc(C(=O)CCNC(=O)c3ccc(I)cc3)ccc21. The molecule has 0 spiro atoms. The first-order chi connectivity index (χ1) is 12.0. The van der Waals surface area contributed by atoms with Crippen LogP contribution in [0.2, 0.25) is 0 Å². The standard InChI is InChI=1S/C19H17IN2O3/c1-22-16-7-4-13(10-14(16)11-18(22)24)17(23)8-9-21-19(25)12-2-5-15(20)6-3-12/h2-7,10H,8-9,11H2,1H3,(H,21,25). The molecule has 1 aliphatic heterocycles. The number of Topliss-reactive ketones (excluding diaryl/α,β-unsaturated/α-hetero) is 1. The molecule has 1 heterocycles. The van der Waals surface area contributed by atoms with Gasteiger partial charge in [0.1, 0.15) is 0 Å². The van der Waals surface area contributed by atoms with E-state index in [9.17, 15) is 14.4 Å². The van der Waals surface area contributed by atoms with E-state index in [-0.39, 0.29) is 30.6 Å². The number of halogens is 1. The van der Waals surface area contributed by atoms with E-state index in [1.54, 1.807) is 42.3 Å². The molecule has 1 aliphatic rings. The van der Waals surface area contributed by atoms with Crippen molar-refractivity contribution in [3.63, 3.8) is 0 Å². The summed E-state index contributed by atoms with van der Waals surface area (Å²) in [6, 6.07) is 12.6. The lowest BCUT2D eigenvalue weighted by atomic mass is 10.0. The third-order valence-corrected chi connectivity index (χ3v) is 4.94. The summed E-state index contributed by atoms with van der Waals surface area (Å²) in [4.78, 5) is 37.7. The molecule has 2 aromatic carbocycles. The summed E-state index contributed by atoms with van der Waals surface area (Å²) >= 11 is 2.18. The third kappa shape index (κ3) is 3.89. The van der Waals surface area contributed by atoms with Crippen molar-refractivity contribution in [1.82, 2.24) is 5.32 Å². The van der Waals surface area contributed by atoms with Crippen LogP contribution in [0.3, 0.4) is 0 Å². The normalized spacial score (nSPS) is 12.9. The number of likely N-dealkylation sites (N-methyl/N-ethyl adjacent to an activating group) is 1. The first kappa shape index (κ1) is 17.6. The van der Waals surface area contributed by atoms with Crippen LogP contribution in [0.15, 0.2) is 42.5 Å². The van der Waals surface area contributed by atoms with Crippen molar-refractivity contribution in [3.05, 3.63) is 62.7 Å². The second-order valence-corrected chi connectivity index (χ2v) is 7.15. The van der Waals surface area contributed by atoms with Crippen LogP contribution < -0.4 is 10.2 Å². The number of hydrogen-bond donors (Lipinski definition) is 1. The van der Waals surface area contributed by atoms with Gasteiger partial charge in [-0.2, -0.15) is 0 Å². The Balaban J connectivity index is 1.56. The number of carbonyl (C=O) groups excluding carboxylic acids is 3. The molecular formula is C19H17IN2O3. The van der Waals surface area contributed by atoms with Gasteiger partial charge in [0.15, 0.2) is 5.78 Å². The number of hydrogen-bond acceptors (Lipinski definition) is 3. The van der Waals surface area contributed by atoms with Crippen molar-refractivity contribution in [1.29, 1.82) is 0 Å². The molecule has 0 unspecified atom stereocenters. The van der Waals surface area contributed by atoms with Gasteiger partial charge in [-0.25, -0.2) is 0 Å². The third-order valence-electron chi connectivity index (χ3n) is 4.22. The lowest BCUT2D eigenvalue weighted by Crippen LogP contribution is -2.26. The zero-order valence-corrected chi connectivity index (χ0v) is 15.9. The van der Waals surface area contributed by atoms with Crippen LogP contribution in [0, 0.1) is 3.57 Å². The Morgan fingerprint density at radius 1 is 1.12 bits per heavy atom. The lowest BCUT2D eigenvalue weighted by molar-refractivity contribution is -0.117. The van der Waals surface area contributed by atoms with E-state index in [0.29, 0.717) is 17.5 Å². The fourth-order valence-corrected chi connectivity index (χ4v) is 3.14. The Kier molecular flexibility index (Phi) is 5.17. The molecule has 0 aromatic heterocycles. The van der Waals surface area contributed by atoms with Gasteiger partial charge in [0.25, 0.3) is 5.91 Å². The number of anilines is 1. The molecule has 0 radical (unpaired) electrons. The van der Waals surface area contributed by atoms with Crippen LogP contribution >= 0.6 is 22.6 Å². The van der Waals surface area contributed by atoms with Gasteiger partial charge in [-0.15, -0.1) is 0 Å². The predicted octanol–water partition coefficient (Wildman–Crippen LogP) is 2.81. The Hall–Kier alpha value is -2.22. The van der Waals surface area contributed by atoms with E-state index < -0.39 is 0 Å². The van der Waals surface area contributed by atoms with Crippen molar-refractivity contribution < 1.29 is 14.4 Å². The van der Waals surface area contributed by atoms with Crippen LogP contribution in [-0.2, 0) is 11.2 Å². The van der Waals surface area contributed by atoms with E-state index >= 15 is 0 Å². The van der Waals surface area contributed by atoms with Gasteiger partial charge in [-0.3, -0.25) is 14.4 Å². The Labute approximate surface area is 159 Å². The van der Waals surface area contributed by atoms with Gasteiger partial charge in [-0.1, -0.05) is 0 Å². The van der Waals surface area contributed by atoms with Gasteiger partial charge in [0, 0.05) is 40.4 Å². The summed E-state index contributed by atoms with van der Waals surface area (Å²) in [7, 11) is 1.73. The first-order valence-corrected chi connectivity index (χ1v) is 9.00. The molecule has 0 atom stereocenters. The summed E-state index contributed by atoms with van der Waals surface area (Å²) in [5.74, 6) is -0.206. The van der Waals surface area contributed by atoms with Gasteiger partial charge in [-0.05, 0) is 70.6 Å². The van der Waals surface area contributed by atoms with Crippen LogP contribution in [0.5, 0.6) is 0 Å². The number of carbonyl (C=O) groups is 3. The summed E-state index contributed by atoms with van der Waals surface area (Å²) in [5.41, 5.74) is 2.88. The molecule has 2 aromatic rings. The maximum atomic E-state index is 12.3. The van der Waals surface area contributed by atoms with Crippen molar-refractivity contribution >= 4 is 45.9 Å². The topological polar surface area (TPSA) is 66.5 Å². The molecule has 0 saturated heterocycles. The molecule has 1 N–H and O–H groups in total. The Bertz CT molecular complexity index is 846. The van der Waals surface area contributed by atoms with Gasteiger partial charge < -0.3 is 10.2 Å². The minimum absolute atomic E-state index is 0.0318. The van der Waals surface area contributed by atoms with Gasteiger partial charge >= 0.3 is 0 Å². The second kappa shape index (κ2) is 7.35. The monoisotopic (exact) mass is 448 g/mol. The number of fused-ring (bicyclic) bond motifs is 1. The number of nitrogens with one attached hydrogen (secondary N) is 1. The van der Waals surface area contributed by atoms with Crippen LogP contribution in [-0.4, -0.2) is 31.2 Å². The molecule has 0 bridgehead atoms. The highest BCUT2D eigenvalue weighted by Gasteiger charge is 2.24. The van der Waals surface area contributed by atoms with Crippen molar-refractivity contribution in [2.45, 2.75) is 12.8 Å². The van der Waals surface area contributed by atoms with E-state index in [2.05, 4.69) is 27.9 Å². The lowest BCUT2D eigenvalue weighted by Gasteiger charge is -2.10. The van der Waals surface area contributed by atoms with Crippen LogP contribution in [0.4, 0.5) is 5.69 Å². The first-order valence-electron chi connectivity index (χ1n) is 7.92.